The van der Waals surface area contributed by atoms with Gasteiger partial charge in [0.05, 0.1) is 11.4 Å². The first-order chi connectivity index (χ1) is 13.3. The van der Waals surface area contributed by atoms with Crippen LogP contribution < -0.4 is 0 Å². The number of rotatable bonds is 10. The number of hydrogen-bond acceptors (Lipinski definition) is 4. The summed E-state index contributed by atoms with van der Waals surface area (Å²) in [6.45, 7) is 6.33. The molecule has 0 saturated carbocycles. The average molecular weight is 491 g/mol. The molecule has 5 nitrogen and oxygen atoms in total. The minimum absolute atomic E-state index is 0.0292. The molecule has 0 aliphatic rings. The van der Waals surface area contributed by atoms with Crippen molar-refractivity contribution < 1.29 is 17.9 Å². The minimum Gasteiger partial charge on any atom is -0.352 e. The summed E-state index contributed by atoms with van der Waals surface area (Å²) in [5.74, 6) is 0. The van der Waals surface area contributed by atoms with Crippen LogP contribution in [0.4, 0.5) is 0 Å². The first kappa shape index (κ1) is 23.3. The summed E-state index contributed by atoms with van der Waals surface area (Å²) in [6, 6.07) is 13.9. The average Bonchev–Trinajstić information content (AvgIpc) is 2.66. The van der Waals surface area contributed by atoms with Crippen molar-refractivity contribution >= 4 is 37.6 Å². The SMILES string of the molecule is CCOC(CN(C(Cl)c1cccc(Br)c1)S(=O)(=O)c1ccc(C)cc1)OCC. The van der Waals surface area contributed by atoms with Crippen molar-refractivity contribution in [2.24, 2.45) is 0 Å². The number of sulfonamides is 1. The van der Waals surface area contributed by atoms with Crippen molar-refractivity contribution in [1.29, 1.82) is 0 Å². The maximum Gasteiger partial charge on any atom is 0.244 e. The van der Waals surface area contributed by atoms with Gasteiger partial charge in [-0.3, -0.25) is 0 Å². The molecule has 0 aromatic heterocycles. The summed E-state index contributed by atoms with van der Waals surface area (Å²) in [5.41, 5.74) is 0.701. The molecule has 0 radical (unpaired) electrons. The highest BCUT2D eigenvalue weighted by molar-refractivity contribution is 9.10. The molecule has 0 aliphatic carbocycles. The highest BCUT2D eigenvalue weighted by Gasteiger charge is 2.34. The Labute approximate surface area is 180 Å². The van der Waals surface area contributed by atoms with E-state index in [0.29, 0.717) is 18.8 Å². The van der Waals surface area contributed by atoms with Gasteiger partial charge in [0.15, 0.2) is 6.29 Å². The number of benzene rings is 2. The zero-order chi connectivity index (χ0) is 20.7. The maximum absolute atomic E-state index is 13.4. The van der Waals surface area contributed by atoms with Crippen molar-refractivity contribution in [3.8, 4) is 0 Å². The molecule has 8 heteroatoms. The van der Waals surface area contributed by atoms with Gasteiger partial charge in [-0.05, 0) is 50.6 Å². The molecule has 28 heavy (non-hydrogen) atoms. The van der Waals surface area contributed by atoms with E-state index < -0.39 is 21.8 Å². The highest BCUT2D eigenvalue weighted by atomic mass is 79.9. The highest BCUT2D eigenvalue weighted by Crippen LogP contribution is 2.33. The summed E-state index contributed by atoms with van der Waals surface area (Å²) < 4.78 is 40.0. The fourth-order valence-electron chi connectivity index (χ4n) is 2.65. The molecule has 0 N–H and O–H groups in total. The Hall–Kier alpha value is -0.960. The predicted octanol–water partition coefficient (Wildman–Crippen LogP) is 5.08. The monoisotopic (exact) mass is 489 g/mol. The maximum atomic E-state index is 13.4. The molecule has 1 unspecified atom stereocenters. The third kappa shape index (κ3) is 6.02. The molecule has 0 saturated heterocycles. The number of aryl methyl sites for hydroxylation is 1. The van der Waals surface area contributed by atoms with E-state index in [1.807, 2.05) is 32.9 Å². The molecule has 2 aromatic rings. The summed E-state index contributed by atoms with van der Waals surface area (Å²) in [5, 5.41) is 0. The summed E-state index contributed by atoms with van der Waals surface area (Å²) >= 11 is 10.1. The Morgan fingerprint density at radius 2 is 1.68 bits per heavy atom. The number of halogens is 2. The van der Waals surface area contributed by atoms with Gasteiger partial charge in [-0.25, -0.2) is 8.42 Å². The van der Waals surface area contributed by atoms with E-state index in [9.17, 15) is 8.42 Å². The second kappa shape index (κ2) is 10.7. The fourth-order valence-corrected chi connectivity index (χ4v) is 5.03. The van der Waals surface area contributed by atoms with Crippen LogP contribution in [0.2, 0.25) is 0 Å². The van der Waals surface area contributed by atoms with Crippen molar-refractivity contribution in [2.75, 3.05) is 19.8 Å². The smallest absolute Gasteiger partial charge is 0.244 e. The van der Waals surface area contributed by atoms with E-state index in [4.69, 9.17) is 21.1 Å². The summed E-state index contributed by atoms with van der Waals surface area (Å²) in [6.07, 6.45) is -0.719. The topological polar surface area (TPSA) is 55.8 Å². The van der Waals surface area contributed by atoms with Gasteiger partial charge in [-0.1, -0.05) is 57.4 Å². The lowest BCUT2D eigenvalue weighted by molar-refractivity contribution is -0.141. The van der Waals surface area contributed by atoms with Crippen LogP contribution in [-0.2, 0) is 19.5 Å². The quantitative estimate of drug-likeness (QED) is 0.265. The van der Waals surface area contributed by atoms with Crippen molar-refractivity contribution in [3.05, 3.63) is 64.1 Å². The molecular formula is C20H25BrClNO4S. The molecule has 1 atom stereocenters. The molecule has 0 spiro atoms. The lowest BCUT2D eigenvalue weighted by Crippen LogP contribution is -2.40. The second-order valence-corrected chi connectivity index (χ2v) is 9.34. The van der Waals surface area contributed by atoms with Gasteiger partial charge in [0.2, 0.25) is 10.0 Å². The van der Waals surface area contributed by atoms with Crippen LogP contribution in [0.15, 0.2) is 57.9 Å². The lowest BCUT2D eigenvalue weighted by Gasteiger charge is -2.30. The number of hydrogen-bond donors (Lipinski definition) is 0. The third-order valence-corrected chi connectivity index (χ3v) is 6.98. The van der Waals surface area contributed by atoms with Gasteiger partial charge >= 0.3 is 0 Å². The van der Waals surface area contributed by atoms with Gasteiger partial charge in [0.25, 0.3) is 0 Å². The summed E-state index contributed by atoms with van der Waals surface area (Å²) in [7, 11) is -3.88. The molecular weight excluding hydrogens is 466 g/mol. The summed E-state index contributed by atoms with van der Waals surface area (Å²) in [4.78, 5) is 0.172. The van der Waals surface area contributed by atoms with E-state index >= 15 is 0 Å². The standard InChI is InChI=1S/C20H25BrClNO4S/c1-4-26-19(27-5-2)14-23(20(22)16-7-6-8-17(21)13-16)28(24,25)18-11-9-15(3)10-12-18/h6-13,19-20H,4-5,14H2,1-3H3. The van der Waals surface area contributed by atoms with Gasteiger partial charge in [-0.15, -0.1) is 0 Å². The zero-order valence-corrected chi connectivity index (χ0v) is 19.3. The molecule has 0 amide bonds. The number of ether oxygens (including phenoxy) is 2. The van der Waals surface area contributed by atoms with Crippen molar-refractivity contribution in [3.63, 3.8) is 0 Å². The van der Waals surface area contributed by atoms with E-state index in [2.05, 4.69) is 15.9 Å². The Morgan fingerprint density at radius 1 is 1.07 bits per heavy atom. The van der Waals surface area contributed by atoms with Crippen LogP contribution in [0.25, 0.3) is 0 Å². The lowest BCUT2D eigenvalue weighted by atomic mass is 10.2. The van der Waals surface area contributed by atoms with Crippen LogP contribution in [-0.4, -0.2) is 38.8 Å². The van der Waals surface area contributed by atoms with Gasteiger partial charge in [0, 0.05) is 17.7 Å². The van der Waals surface area contributed by atoms with Gasteiger partial charge < -0.3 is 9.47 Å². The molecule has 2 rings (SSSR count). The molecule has 0 aliphatic heterocycles. The minimum atomic E-state index is -3.88. The van der Waals surface area contributed by atoms with Crippen LogP contribution in [0.3, 0.4) is 0 Å². The molecule has 154 valence electrons. The van der Waals surface area contributed by atoms with Gasteiger partial charge in [-0.2, -0.15) is 4.31 Å². The predicted molar refractivity (Wildman–Crippen MR) is 115 cm³/mol. The van der Waals surface area contributed by atoms with E-state index in [-0.39, 0.29) is 11.4 Å². The van der Waals surface area contributed by atoms with E-state index in [0.717, 1.165) is 10.0 Å². The normalized spacial score (nSPS) is 13.2. The van der Waals surface area contributed by atoms with Crippen LogP contribution in [0.5, 0.6) is 0 Å². The van der Waals surface area contributed by atoms with Crippen LogP contribution in [0.1, 0.15) is 30.5 Å². The Bertz CT molecular complexity index is 855. The number of nitrogens with zero attached hydrogens (tertiary/aromatic N) is 1. The van der Waals surface area contributed by atoms with Crippen LogP contribution >= 0.6 is 27.5 Å². The van der Waals surface area contributed by atoms with E-state index in [1.54, 1.807) is 36.4 Å². The molecule has 2 aromatic carbocycles. The Morgan fingerprint density at radius 3 is 2.21 bits per heavy atom. The molecule has 0 bridgehead atoms. The number of alkyl halides is 1. The first-order valence-electron chi connectivity index (χ1n) is 9.00. The second-order valence-electron chi connectivity index (χ2n) is 6.12. The van der Waals surface area contributed by atoms with Gasteiger partial charge in [0.1, 0.15) is 5.50 Å². The van der Waals surface area contributed by atoms with Crippen LogP contribution in [0, 0.1) is 6.92 Å². The Balaban J connectivity index is 2.46. The Kier molecular flexibility index (Phi) is 8.92. The fraction of sp³-hybridized carbons (Fsp3) is 0.400. The zero-order valence-electron chi connectivity index (χ0n) is 16.1. The van der Waals surface area contributed by atoms with Crippen molar-refractivity contribution in [1.82, 2.24) is 4.31 Å². The largest absolute Gasteiger partial charge is 0.352 e. The first-order valence-corrected chi connectivity index (χ1v) is 11.7. The van der Waals surface area contributed by atoms with E-state index in [1.165, 1.54) is 4.31 Å². The molecule has 0 fully saturated rings. The third-order valence-electron chi connectivity index (χ3n) is 4.04. The van der Waals surface area contributed by atoms with Crippen molar-refractivity contribution in [2.45, 2.75) is 37.5 Å². The molecule has 0 heterocycles.